The molecule has 1 aromatic carbocycles. The van der Waals surface area contributed by atoms with E-state index >= 15 is 0 Å². The topological polar surface area (TPSA) is 64.9 Å². The molecule has 0 saturated carbocycles. The van der Waals surface area contributed by atoms with Crippen LogP contribution in [0.4, 0.5) is 4.39 Å². The first-order valence-corrected chi connectivity index (χ1v) is 7.40. The second kappa shape index (κ2) is 5.43. The van der Waals surface area contributed by atoms with E-state index in [9.17, 15) is 4.39 Å². The number of benzene rings is 1. The van der Waals surface area contributed by atoms with Crippen molar-refractivity contribution in [2.24, 2.45) is 5.73 Å². The number of halogens is 2. The summed E-state index contributed by atoms with van der Waals surface area (Å²) in [6, 6.07) is 7.63. The molecule has 102 valence electrons. The summed E-state index contributed by atoms with van der Waals surface area (Å²) < 4.78 is 19.2. The van der Waals surface area contributed by atoms with Gasteiger partial charge in [0.1, 0.15) is 11.9 Å². The van der Waals surface area contributed by atoms with E-state index in [0.717, 1.165) is 4.88 Å². The molecule has 0 radical (unpaired) electrons. The zero-order chi connectivity index (χ0) is 14.1. The fraction of sp³-hybridized carbons (Fsp3) is 0.0769. The van der Waals surface area contributed by atoms with E-state index in [1.54, 1.807) is 6.07 Å². The minimum Gasteiger partial charge on any atom is -0.337 e. The van der Waals surface area contributed by atoms with Crippen molar-refractivity contribution in [3.8, 4) is 11.4 Å². The summed E-state index contributed by atoms with van der Waals surface area (Å²) in [7, 11) is 0. The van der Waals surface area contributed by atoms with E-state index in [1.807, 2.05) is 17.5 Å². The quantitative estimate of drug-likeness (QED) is 0.778. The Morgan fingerprint density at radius 2 is 2.20 bits per heavy atom. The molecule has 0 bridgehead atoms. The number of nitrogens with two attached hydrogens (primary N) is 1. The van der Waals surface area contributed by atoms with Crippen molar-refractivity contribution in [2.75, 3.05) is 0 Å². The molecule has 0 saturated heterocycles. The molecule has 4 nitrogen and oxygen atoms in total. The van der Waals surface area contributed by atoms with Crippen molar-refractivity contribution in [1.29, 1.82) is 0 Å². The van der Waals surface area contributed by atoms with Crippen LogP contribution >= 0.6 is 27.3 Å². The normalized spacial score (nSPS) is 12.6. The molecule has 0 aliphatic carbocycles. The summed E-state index contributed by atoms with van der Waals surface area (Å²) >= 11 is 4.85. The third-order valence-electron chi connectivity index (χ3n) is 2.73. The van der Waals surface area contributed by atoms with Crippen molar-refractivity contribution in [3.63, 3.8) is 0 Å². The van der Waals surface area contributed by atoms with Crippen molar-refractivity contribution >= 4 is 27.3 Å². The molecule has 0 spiro atoms. The summed E-state index contributed by atoms with van der Waals surface area (Å²) in [4.78, 5) is 5.17. The molecule has 2 heterocycles. The molecule has 1 unspecified atom stereocenters. The summed E-state index contributed by atoms with van der Waals surface area (Å²) in [5.74, 6) is 0.245. The largest absolute Gasteiger partial charge is 0.337 e. The van der Waals surface area contributed by atoms with E-state index in [-0.39, 0.29) is 5.82 Å². The zero-order valence-electron chi connectivity index (χ0n) is 10.1. The Morgan fingerprint density at radius 3 is 2.95 bits per heavy atom. The molecule has 2 aromatic heterocycles. The Hall–Kier alpha value is -1.57. The van der Waals surface area contributed by atoms with Crippen LogP contribution in [0.5, 0.6) is 0 Å². The lowest BCUT2D eigenvalue weighted by atomic mass is 10.2. The molecule has 0 aliphatic heterocycles. The Bertz CT molecular complexity index is 729. The Kier molecular flexibility index (Phi) is 3.64. The van der Waals surface area contributed by atoms with Gasteiger partial charge in [-0.25, -0.2) is 4.39 Å². The average Bonchev–Trinajstić information content (AvgIpc) is 3.11. The second-order valence-electron chi connectivity index (χ2n) is 4.07. The molecular formula is C13H9BrFN3OS. The fourth-order valence-electron chi connectivity index (χ4n) is 1.73. The molecule has 0 aliphatic rings. The first-order valence-electron chi connectivity index (χ1n) is 5.73. The number of aromatic nitrogens is 2. The van der Waals surface area contributed by atoms with Gasteiger partial charge in [0, 0.05) is 14.9 Å². The van der Waals surface area contributed by atoms with Crippen molar-refractivity contribution < 1.29 is 8.91 Å². The highest BCUT2D eigenvalue weighted by molar-refractivity contribution is 9.10. The van der Waals surface area contributed by atoms with Gasteiger partial charge in [0.05, 0.1) is 0 Å². The van der Waals surface area contributed by atoms with Crippen LogP contribution in [0.3, 0.4) is 0 Å². The van der Waals surface area contributed by atoms with Gasteiger partial charge in [-0.3, -0.25) is 0 Å². The van der Waals surface area contributed by atoms with Gasteiger partial charge in [0.2, 0.25) is 11.7 Å². The highest BCUT2D eigenvalue weighted by Crippen LogP contribution is 2.29. The Balaban J connectivity index is 1.96. The minimum atomic E-state index is -0.469. The lowest BCUT2D eigenvalue weighted by Crippen LogP contribution is -2.10. The molecule has 1 atom stereocenters. The van der Waals surface area contributed by atoms with E-state index in [1.165, 1.54) is 23.5 Å². The maximum atomic E-state index is 13.3. The monoisotopic (exact) mass is 353 g/mol. The minimum absolute atomic E-state index is 0.304. The van der Waals surface area contributed by atoms with Crippen molar-refractivity contribution in [2.45, 2.75) is 6.04 Å². The number of hydrogen-bond donors (Lipinski definition) is 1. The van der Waals surface area contributed by atoms with Crippen molar-refractivity contribution in [3.05, 3.63) is 56.8 Å². The van der Waals surface area contributed by atoms with Crippen LogP contribution in [0, 0.1) is 5.82 Å². The number of nitrogens with zero attached hydrogens (tertiary/aromatic N) is 2. The van der Waals surface area contributed by atoms with Gasteiger partial charge in [0.25, 0.3) is 0 Å². The van der Waals surface area contributed by atoms with Crippen LogP contribution in [0.1, 0.15) is 16.8 Å². The molecule has 3 rings (SSSR count). The maximum absolute atomic E-state index is 13.3. The van der Waals surface area contributed by atoms with E-state index < -0.39 is 6.04 Å². The first-order chi connectivity index (χ1) is 9.65. The highest BCUT2D eigenvalue weighted by atomic mass is 79.9. The molecule has 3 aromatic rings. The van der Waals surface area contributed by atoms with Gasteiger partial charge in [0.15, 0.2) is 0 Å². The van der Waals surface area contributed by atoms with Crippen LogP contribution in [0.15, 0.2) is 44.7 Å². The standard InChI is InChI=1S/C13H9BrFN3OS/c14-9-4-3-7(15)6-8(9)12-17-13(19-18-12)11(16)10-2-1-5-20-10/h1-6,11H,16H2. The zero-order valence-corrected chi connectivity index (χ0v) is 12.5. The summed E-state index contributed by atoms with van der Waals surface area (Å²) in [6.07, 6.45) is 0. The Labute approximate surface area is 126 Å². The average molecular weight is 354 g/mol. The summed E-state index contributed by atoms with van der Waals surface area (Å²) in [5, 5.41) is 5.79. The van der Waals surface area contributed by atoms with Gasteiger partial charge in [-0.05, 0) is 29.6 Å². The molecule has 2 N–H and O–H groups in total. The van der Waals surface area contributed by atoms with Crippen LogP contribution in [-0.4, -0.2) is 10.1 Å². The third kappa shape index (κ3) is 2.52. The molecule has 0 amide bonds. The van der Waals surface area contributed by atoms with Gasteiger partial charge in [-0.1, -0.05) is 27.2 Å². The molecule has 20 heavy (non-hydrogen) atoms. The van der Waals surface area contributed by atoms with E-state index in [0.29, 0.717) is 21.8 Å². The molecule has 7 heteroatoms. The third-order valence-corrected chi connectivity index (χ3v) is 4.37. The SMILES string of the molecule is NC(c1nc(-c2cc(F)ccc2Br)no1)c1cccs1. The molecular weight excluding hydrogens is 345 g/mol. The fourth-order valence-corrected chi connectivity index (χ4v) is 2.87. The maximum Gasteiger partial charge on any atom is 0.249 e. The number of rotatable bonds is 3. The van der Waals surface area contributed by atoms with Gasteiger partial charge in [-0.15, -0.1) is 11.3 Å². The van der Waals surface area contributed by atoms with Gasteiger partial charge in [-0.2, -0.15) is 4.98 Å². The Morgan fingerprint density at radius 1 is 1.35 bits per heavy atom. The number of hydrogen-bond acceptors (Lipinski definition) is 5. The smallest absolute Gasteiger partial charge is 0.249 e. The van der Waals surface area contributed by atoms with E-state index in [4.69, 9.17) is 10.3 Å². The highest BCUT2D eigenvalue weighted by Gasteiger charge is 2.19. The molecule has 0 fully saturated rings. The van der Waals surface area contributed by atoms with Crippen LogP contribution in [-0.2, 0) is 0 Å². The van der Waals surface area contributed by atoms with Crippen LogP contribution in [0.2, 0.25) is 0 Å². The van der Waals surface area contributed by atoms with Gasteiger partial charge >= 0.3 is 0 Å². The van der Waals surface area contributed by atoms with Crippen molar-refractivity contribution in [1.82, 2.24) is 10.1 Å². The first kappa shape index (κ1) is 13.4. The predicted octanol–water partition coefficient (Wildman–Crippen LogP) is 3.75. The van der Waals surface area contributed by atoms with E-state index in [2.05, 4.69) is 26.1 Å². The lowest BCUT2D eigenvalue weighted by molar-refractivity contribution is 0.368. The summed E-state index contributed by atoms with van der Waals surface area (Å²) in [5.41, 5.74) is 6.57. The van der Waals surface area contributed by atoms with Crippen LogP contribution < -0.4 is 5.73 Å². The van der Waals surface area contributed by atoms with Crippen LogP contribution in [0.25, 0.3) is 11.4 Å². The number of thiophene rings is 1. The second-order valence-corrected chi connectivity index (χ2v) is 5.91. The van der Waals surface area contributed by atoms with Gasteiger partial charge < -0.3 is 10.3 Å². The predicted molar refractivity (Wildman–Crippen MR) is 77.7 cm³/mol. The lowest BCUT2D eigenvalue weighted by Gasteiger charge is -2.02. The summed E-state index contributed by atoms with van der Waals surface area (Å²) in [6.45, 7) is 0.